The highest BCUT2D eigenvalue weighted by molar-refractivity contribution is 9.10. The quantitative estimate of drug-likeness (QED) is 0.878. The van der Waals surface area contributed by atoms with Crippen LogP contribution < -0.4 is 5.73 Å². The lowest BCUT2D eigenvalue weighted by Gasteiger charge is -2.12. The number of methoxy groups -OCH3 is 1. The standard InChI is InChI=1S/C10H14BrNO/c1-13-10(7-12)6-8-3-2-4-9(11)5-8/h2-5,10H,6-7,12H2,1H3. The van der Waals surface area contributed by atoms with E-state index in [9.17, 15) is 0 Å². The molecule has 0 heterocycles. The van der Waals surface area contributed by atoms with Gasteiger partial charge in [-0.25, -0.2) is 0 Å². The van der Waals surface area contributed by atoms with Crippen molar-refractivity contribution >= 4 is 15.9 Å². The summed E-state index contributed by atoms with van der Waals surface area (Å²) in [5.41, 5.74) is 6.77. The van der Waals surface area contributed by atoms with E-state index in [-0.39, 0.29) is 6.10 Å². The van der Waals surface area contributed by atoms with Gasteiger partial charge in [0.25, 0.3) is 0 Å². The fourth-order valence-electron chi connectivity index (χ4n) is 1.19. The summed E-state index contributed by atoms with van der Waals surface area (Å²) in [7, 11) is 1.69. The molecule has 0 bridgehead atoms. The van der Waals surface area contributed by atoms with Crippen LogP contribution in [0.1, 0.15) is 5.56 Å². The predicted octanol–water partition coefficient (Wildman–Crippen LogP) is 1.97. The molecule has 0 aliphatic carbocycles. The number of benzene rings is 1. The van der Waals surface area contributed by atoms with Gasteiger partial charge in [0.05, 0.1) is 6.10 Å². The van der Waals surface area contributed by atoms with Gasteiger partial charge in [0.15, 0.2) is 0 Å². The van der Waals surface area contributed by atoms with E-state index in [1.807, 2.05) is 12.1 Å². The summed E-state index contributed by atoms with van der Waals surface area (Å²) < 4.78 is 6.30. The lowest BCUT2D eigenvalue weighted by molar-refractivity contribution is 0.110. The number of nitrogens with two attached hydrogens (primary N) is 1. The predicted molar refractivity (Wildman–Crippen MR) is 57.7 cm³/mol. The highest BCUT2D eigenvalue weighted by Crippen LogP contribution is 2.13. The maximum atomic E-state index is 5.53. The van der Waals surface area contributed by atoms with Crippen LogP contribution in [0.15, 0.2) is 28.7 Å². The van der Waals surface area contributed by atoms with Gasteiger partial charge in [0.2, 0.25) is 0 Å². The van der Waals surface area contributed by atoms with E-state index in [0.29, 0.717) is 6.54 Å². The Labute approximate surface area is 87.2 Å². The fraction of sp³-hybridized carbons (Fsp3) is 0.400. The zero-order valence-electron chi connectivity index (χ0n) is 7.66. The van der Waals surface area contributed by atoms with Crippen molar-refractivity contribution in [2.75, 3.05) is 13.7 Å². The first kappa shape index (κ1) is 10.7. The third-order valence-corrected chi connectivity index (χ3v) is 2.44. The van der Waals surface area contributed by atoms with Crippen molar-refractivity contribution in [2.24, 2.45) is 5.73 Å². The van der Waals surface area contributed by atoms with Gasteiger partial charge < -0.3 is 10.5 Å². The molecular weight excluding hydrogens is 230 g/mol. The summed E-state index contributed by atoms with van der Waals surface area (Å²) in [5, 5.41) is 0. The molecule has 0 amide bonds. The second-order valence-electron chi connectivity index (χ2n) is 2.93. The lowest BCUT2D eigenvalue weighted by atomic mass is 10.1. The van der Waals surface area contributed by atoms with Crippen LogP contribution in [-0.2, 0) is 11.2 Å². The molecular formula is C10H14BrNO. The molecule has 0 fully saturated rings. The number of ether oxygens (including phenoxy) is 1. The van der Waals surface area contributed by atoms with E-state index in [2.05, 4.69) is 28.1 Å². The normalized spacial score (nSPS) is 12.8. The first-order valence-electron chi connectivity index (χ1n) is 4.23. The van der Waals surface area contributed by atoms with Gasteiger partial charge in [-0.2, -0.15) is 0 Å². The van der Waals surface area contributed by atoms with E-state index in [1.54, 1.807) is 7.11 Å². The molecule has 0 spiro atoms. The van der Waals surface area contributed by atoms with Gasteiger partial charge in [-0.1, -0.05) is 28.1 Å². The summed E-state index contributed by atoms with van der Waals surface area (Å²) in [6.07, 6.45) is 0.987. The highest BCUT2D eigenvalue weighted by atomic mass is 79.9. The Morgan fingerprint density at radius 1 is 1.54 bits per heavy atom. The Balaban J connectivity index is 2.62. The molecule has 2 N–H and O–H groups in total. The first-order chi connectivity index (χ1) is 6.26. The Morgan fingerprint density at radius 3 is 2.85 bits per heavy atom. The molecule has 1 rings (SSSR count). The van der Waals surface area contributed by atoms with E-state index < -0.39 is 0 Å². The van der Waals surface area contributed by atoms with Crippen LogP contribution in [0.5, 0.6) is 0 Å². The molecule has 0 aliphatic rings. The number of hydrogen-bond donors (Lipinski definition) is 1. The molecule has 1 atom stereocenters. The van der Waals surface area contributed by atoms with Gasteiger partial charge in [-0.3, -0.25) is 0 Å². The van der Waals surface area contributed by atoms with Gasteiger partial charge in [-0.15, -0.1) is 0 Å². The summed E-state index contributed by atoms with van der Waals surface area (Å²) >= 11 is 3.42. The maximum Gasteiger partial charge on any atom is 0.0733 e. The molecule has 0 radical (unpaired) electrons. The average molecular weight is 244 g/mol. The molecule has 1 aromatic carbocycles. The fourth-order valence-corrected chi connectivity index (χ4v) is 1.64. The Kier molecular flexibility index (Phi) is 4.42. The average Bonchev–Trinajstić information content (AvgIpc) is 2.14. The van der Waals surface area contributed by atoms with Crippen LogP contribution in [0.4, 0.5) is 0 Å². The maximum absolute atomic E-state index is 5.53. The summed E-state index contributed by atoms with van der Waals surface area (Å²) in [6, 6.07) is 8.19. The smallest absolute Gasteiger partial charge is 0.0733 e. The van der Waals surface area contributed by atoms with Gasteiger partial charge >= 0.3 is 0 Å². The number of halogens is 1. The van der Waals surface area contributed by atoms with Crippen molar-refractivity contribution in [3.05, 3.63) is 34.3 Å². The Hall–Kier alpha value is -0.380. The van der Waals surface area contributed by atoms with Crippen molar-refractivity contribution in [3.8, 4) is 0 Å². The van der Waals surface area contributed by atoms with Gasteiger partial charge in [0.1, 0.15) is 0 Å². The molecule has 72 valence electrons. The van der Waals surface area contributed by atoms with E-state index >= 15 is 0 Å². The molecule has 0 aromatic heterocycles. The van der Waals surface area contributed by atoms with Crippen molar-refractivity contribution in [3.63, 3.8) is 0 Å². The molecule has 0 saturated carbocycles. The monoisotopic (exact) mass is 243 g/mol. The molecule has 2 nitrogen and oxygen atoms in total. The van der Waals surface area contributed by atoms with Crippen molar-refractivity contribution < 1.29 is 4.74 Å². The van der Waals surface area contributed by atoms with Crippen LogP contribution in [-0.4, -0.2) is 19.8 Å². The van der Waals surface area contributed by atoms with Crippen LogP contribution in [0, 0.1) is 0 Å². The van der Waals surface area contributed by atoms with Crippen molar-refractivity contribution in [1.82, 2.24) is 0 Å². The zero-order chi connectivity index (χ0) is 9.68. The molecule has 0 saturated heterocycles. The summed E-state index contributed by atoms with van der Waals surface area (Å²) in [6.45, 7) is 0.559. The largest absolute Gasteiger partial charge is 0.380 e. The SMILES string of the molecule is COC(CN)Cc1cccc(Br)c1. The molecule has 0 aliphatic heterocycles. The molecule has 13 heavy (non-hydrogen) atoms. The van der Waals surface area contributed by atoms with Crippen LogP contribution >= 0.6 is 15.9 Å². The number of hydrogen-bond acceptors (Lipinski definition) is 2. The summed E-state index contributed by atoms with van der Waals surface area (Å²) in [4.78, 5) is 0. The van der Waals surface area contributed by atoms with Crippen LogP contribution in [0.2, 0.25) is 0 Å². The van der Waals surface area contributed by atoms with Gasteiger partial charge in [0, 0.05) is 18.1 Å². The van der Waals surface area contributed by atoms with Crippen LogP contribution in [0.3, 0.4) is 0 Å². The first-order valence-corrected chi connectivity index (χ1v) is 5.03. The third-order valence-electron chi connectivity index (χ3n) is 1.95. The van der Waals surface area contributed by atoms with E-state index in [0.717, 1.165) is 10.9 Å². The summed E-state index contributed by atoms with van der Waals surface area (Å²) in [5.74, 6) is 0. The van der Waals surface area contributed by atoms with E-state index in [1.165, 1.54) is 5.56 Å². The minimum Gasteiger partial charge on any atom is -0.380 e. The topological polar surface area (TPSA) is 35.2 Å². The lowest BCUT2D eigenvalue weighted by Crippen LogP contribution is -2.24. The Bertz CT molecular complexity index is 261. The second kappa shape index (κ2) is 5.37. The van der Waals surface area contributed by atoms with Crippen molar-refractivity contribution in [1.29, 1.82) is 0 Å². The minimum absolute atomic E-state index is 0.120. The van der Waals surface area contributed by atoms with Gasteiger partial charge in [-0.05, 0) is 24.1 Å². The highest BCUT2D eigenvalue weighted by Gasteiger charge is 2.05. The second-order valence-corrected chi connectivity index (χ2v) is 3.84. The van der Waals surface area contributed by atoms with Crippen LogP contribution in [0.25, 0.3) is 0 Å². The zero-order valence-corrected chi connectivity index (χ0v) is 9.25. The van der Waals surface area contributed by atoms with E-state index in [4.69, 9.17) is 10.5 Å². The third kappa shape index (κ3) is 3.46. The molecule has 1 unspecified atom stereocenters. The minimum atomic E-state index is 0.120. The Morgan fingerprint density at radius 2 is 2.31 bits per heavy atom. The number of rotatable bonds is 4. The molecule has 3 heteroatoms. The van der Waals surface area contributed by atoms with Crippen molar-refractivity contribution in [2.45, 2.75) is 12.5 Å². The molecule has 1 aromatic rings.